The molecule has 2 unspecified atom stereocenters. The van der Waals surface area contributed by atoms with Gasteiger partial charge in [-0.05, 0) is 29.7 Å². The van der Waals surface area contributed by atoms with Gasteiger partial charge in [0, 0.05) is 17.4 Å². The minimum absolute atomic E-state index is 0.192. The number of thiazole rings is 1. The highest BCUT2D eigenvalue weighted by Crippen LogP contribution is 2.28. The first-order valence-electron chi connectivity index (χ1n) is 12.2. The third-order valence-corrected chi connectivity index (χ3v) is 7.34. The summed E-state index contributed by atoms with van der Waals surface area (Å²) in [7, 11) is -3.17. The van der Waals surface area contributed by atoms with Crippen LogP contribution in [0.4, 0.5) is 10.5 Å². The number of ether oxygens (including phenoxy) is 1. The van der Waals surface area contributed by atoms with Crippen molar-refractivity contribution in [1.82, 2.24) is 15.6 Å². The summed E-state index contributed by atoms with van der Waals surface area (Å²) in [5.41, 5.74) is 3.41. The highest BCUT2D eigenvalue weighted by atomic mass is 32.2. The quantitative estimate of drug-likeness (QED) is 0.192. The molecule has 0 radical (unpaired) electrons. The minimum atomic E-state index is -4.40. The number of benzene rings is 3. The van der Waals surface area contributed by atoms with Gasteiger partial charge in [0.1, 0.15) is 11.0 Å². The van der Waals surface area contributed by atoms with Crippen molar-refractivity contribution in [3.8, 4) is 10.6 Å². The van der Waals surface area contributed by atoms with Gasteiger partial charge in [-0.25, -0.2) is 9.78 Å². The number of carbonyl (C=O) groups is 2. The first-order valence-corrected chi connectivity index (χ1v) is 14.6. The van der Waals surface area contributed by atoms with Crippen LogP contribution < -0.4 is 15.4 Å². The molecule has 208 valence electrons. The van der Waals surface area contributed by atoms with Crippen LogP contribution in [0, 0.1) is 0 Å². The molecule has 0 bridgehead atoms. The van der Waals surface area contributed by atoms with Gasteiger partial charge in [0.2, 0.25) is 5.91 Å². The van der Waals surface area contributed by atoms with Crippen LogP contribution in [0.25, 0.3) is 10.6 Å². The maximum Gasteiger partial charge on any atom is 0.407 e. The fourth-order valence-electron chi connectivity index (χ4n) is 4.02. The van der Waals surface area contributed by atoms with Crippen LogP contribution >= 0.6 is 11.3 Å². The number of aromatic nitrogens is 1. The molecule has 0 aliphatic rings. The molecule has 4 N–H and O–H groups in total. The van der Waals surface area contributed by atoms with Gasteiger partial charge in [0.05, 0.1) is 24.5 Å². The van der Waals surface area contributed by atoms with Crippen molar-refractivity contribution in [2.75, 3.05) is 11.8 Å². The molecule has 1 aromatic heterocycles. The fraction of sp³-hybridized carbons (Fsp3) is 0.179. The van der Waals surface area contributed by atoms with Crippen molar-refractivity contribution in [3.63, 3.8) is 0 Å². The molecule has 0 spiro atoms. The lowest BCUT2D eigenvalue weighted by Crippen LogP contribution is -2.49. The van der Waals surface area contributed by atoms with Gasteiger partial charge in [-0.2, -0.15) is 8.42 Å². The van der Waals surface area contributed by atoms with Crippen LogP contribution in [0.15, 0.2) is 90.3 Å². The lowest BCUT2D eigenvalue weighted by Gasteiger charge is -2.23. The van der Waals surface area contributed by atoms with Crippen LogP contribution in [0.1, 0.15) is 22.9 Å². The molecule has 3 aromatic carbocycles. The van der Waals surface area contributed by atoms with Crippen LogP contribution in [-0.2, 0) is 32.7 Å². The molecule has 10 nitrogen and oxygen atoms in total. The molecule has 0 aliphatic heterocycles. The Morgan fingerprint density at radius 1 is 0.900 bits per heavy atom. The molecule has 0 saturated heterocycles. The van der Waals surface area contributed by atoms with Crippen LogP contribution in [0.3, 0.4) is 0 Å². The highest BCUT2D eigenvalue weighted by Gasteiger charge is 2.26. The van der Waals surface area contributed by atoms with Crippen molar-refractivity contribution < 1.29 is 27.3 Å². The topological polar surface area (TPSA) is 147 Å². The number of anilines is 1. The predicted molar refractivity (Wildman–Crippen MR) is 153 cm³/mol. The summed E-state index contributed by atoms with van der Waals surface area (Å²) in [6.07, 6.45) is -0.155. The van der Waals surface area contributed by atoms with E-state index in [0.717, 1.165) is 21.7 Å². The van der Waals surface area contributed by atoms with Gasteiger partial charge in [0.25, 0.3) is 0 Å². The van der Waals surface area contributed by atoms with Crippen LogP contribution in [-0.4, -0.2) is 43.1 Å². The SMILES string of the molecule is COC(=O)NC(Cc1ccccc1)C(=O)NC(Cc1ccc(NS(=O)(=O)O)cc1)c1csc(-c2ccccc2)n1. The van der Waals surface area contributed by atoms with Crippen LogP contribution in [0.5, 0.6) is 0 Å². The first kappa shape index (κ1) is 28.7. The summed E-state index contributed by atoms with van der Waals surface area (Å²) >= 11 is 1.45. The van der Waals surface area contributed by atoms with Gasteiger partial charge in [-0.15, -0.1) is 11.3 Å². The van der Waals surface area contributed by atoms with E-state index in [9.17, 15) is 18.0 Å². The number of amides is 2. The van der Waals surface area contributed by atoms with Crippen LogP contribution in [0.2, 0.25) is 0 Å². The van der Waals surface area contributed by atoms with E-state index in [0.29, 0.717) is 12.1 Å². The smallest absolute Gasteiger partial charge is 0.407 e. The van der Waals surface area contributed by atoms with E-state index in [4.69, 9.17) is 14.3 Å². The molecule has 0 saturated carbocycles. The van der Waals surface area contributed by atoms with Crippen molar-refractivity contribution in [2.45, 2.75) is 24.9 Å². The van der Waals surface area contributed by atoms with E-state index >= 15 is 0 Å². The first-order chi connectivity index (χ1) is 19.2. The Kier molecular flexibility index (Phi) is 9.48. The fourth-order valence-corrected chi connectivity index (χ4v) is 5.33. The average molecular weight is 581 g/mol. The van der Waals surface area contributed by atoms with E-state index in [2.05, 4.69) is 10.6 Å². The van der Waals surface area contributed by atoms with E-state index in [-0.39, 0.29) is 12.1 Å². The van der Waals surface area contributed by atoms with Gasteiger partial charge in [-0.3, -0.25) is 14.1 Å². The monoisotopic (exact) mass is 580 g/mol. The number of rotatable bonds is 11. The molecule has 0 aliphatic carbocycles. The predicted octanol–water partition coefficient (Wildman–Crippen LogP) is 4.39. The summed E-state index contributed by atoms with van der Waals surface area (Å²) in [5, 5.41) is 8.31. The average Bonchev–Trinajstić information content (AvgIpc) is 3.44. The van der Waals surface area contributed by atoms with Crippen molar-refractivity contribution in [3.05, 3.63) is 107 Å². The highest BCUT2D eigenvalue weighted by molar-refractivity contribution is 7.87. The van der Waals surface area contributed by atoms with Gasteiger partial charge in [-0.1, -0.05) is 72.8 Å². The number of alkyl carbamates (subject to hydrolysis) is 1. The molecular weight excluding hydrogens is 552 g/mol. The molecule has 4 rings (SSSR count). The van der Waals surface area contributed by atoms with Gasteiger partial charge >= 0.3 is 16.4 Å². The summed E-state index contributed by atoms with van der Waals surface area (Å²) in [5.74, 6) is -0.418. The standard InChI is InChI=1S/C28H28N4O6S2/c1-38-28(34)31-24(17-19-8-4-2-5-9-19)26(33)29-23(16-20-12-14-22(15-13-20)32-40(35,36)37)25-18-39-27(30-25)21-10-6-3-7-11-21/h2-15,18,23-24,32H,16-17H2,1H3,(H,29,33)(H,31,34)(H,35,36,37). The molecule has 0 fully saturated rings. The summed E-state index contributed by atoms with van der Waals surface area (Å²) < 4.78 is 38.1. The van der Waals surface area contributed by atoms with Gasteiger partial charge in [0.15, 0.2) is 0 Å². The zero-order valence-corrected chi connectivity index (χ0v) is 23.1. The van der Waals surface area contributed by atoms with Gasteiger partial charge < -0.3 is 15.4 Å². The normalized spacial score (nSPS) is 12.7. The third-order valence-electron chi connectivity index (χ3n) is 5.93. The molecule has 2 amide bonds. The molecule has 40 heavy (non-hydrogen) atoms. The van der Waals surface area contributed by atoms with Crippen molar-refractivity contribution in [2.24, 2.45) is 0 Å². The van der Waals surface area contributed by atoms with E-state index in [1.807, 2.05) is 70.8 Å². The van der Waals surface area contributed by atoms with E-state index in [1.54, 1.807) is 12.1 Å². The Hall–Kier alpha value is -4.26. The lowest BCUT2D eigenvalue weighted by molar-refractivity contribution is -0.123. The number of nitrogens with one attached hydrogen (secondary N) is 3. The third kappa shape index (κ3) is 8.37. The Bertz CT molecular complexity index is 1530. The Labute approximate surface area is 236 Å². The number of methoxy groups -OCH3 is 1. The number of nitrogens with zero attached hydrogens (tertiary/aromatic N) is 1. The van der Waals surface area contributed by atoms with Crippen molar-refractivity contribution >= 4 is 39.3 Å². The zero-order valence-electron chi connectivity index (χ0n) is 21.5. The maximum atomic E-state index is 13.6. The Morgan fingerprint density at radius 2 is 1.52 bits per heavy atom. The molecular formula is C28H28N4O6S2. The maximum absolute atomic E-state index is 13.6. The molecule has 12 heteroatoms. The summed E-state index contributed by atoms with van der Waals surface area (Å²) in [6.45, 7) is 0. The Morgan fingerprint density at radius 3 is 2.15 bits per heavy atom. The lowest BCUT2D eigenvalue weighted by atomic mass is 10.0. The Balaban J connectivity index is 1.60. The second-order valence-corrected chi connectivity index (χ2v) is 10.9. The number of carbonyl (C=O) groups excluding carboxylic acids is 2. The second kappa shape index (κ2) is 13.2. The number of hydrogen-bond donors (Lipinski definition) is 4. The minimum Gasteiger partial charge on any atom is -0.453 e. The largest absolute Gasteiger partial charge is 0.453 e. The summed E-state index contributed by atoms with van der Waals surface area (Å²) in [4.78, 5) is 30.4. The molecule has 1 heterocycles. The van der Waals surface area contributed by atoms with E-state index in [1.165, 1.54) is 30.6 Å². The zero-order chi connectivity index (χ0) is 28.5. The summed E-state index contributed by atoms with van der Waals surface area (Å²) in [6, 6.07) is 23.9. The molecule has 4 aromatic rings. The number of hydrogen-bond acceptors (Lipinski definition) is 7. The second-order valence-electron chi connectivity index (χ2n) is 8.86. The van der Waals surface area contributed by atoms with E-state index < -0.39 is 34.4 Å². The molecule has 2 atom stereocenters. The van der Waals surface area contributed by atoms with Crippen molar-refractivity contribution in [1.29, 1.82) is 0 Å².